The highest BCUT2D eigenvalue weighted by molar-refractivity contribution is 6.42. The molecule has 1 aliphatic carbocycles. The molecule has 1 heterocycles. The second-order valence-electron chi connectivity index (χ2n) is 9.00. The zero-order valence-electron chi connectivity index (χ0n) is 18.5. The molecule has 0 saturated heterocycles. The molecule has 1 aromatic heterocycles. The minimum atomic E-state index is -0.619. The van der Waals surface area contributed by atoms with Crippen molar-refractivity contribution in [3.63, 3.8) is 0 Å². The van der Waals surface area contributed by atoms with E-state index in [4.69, 9.17) is 32.7 Å². The van der Waals surface area contributed by atoms with Gasteiger partial charge in [0.1, 0.15) is 11.4 Å². The molecule has 6 nitrogen and oxygen atoms in total. The molecule has 0 unspecified atom stereocenters. The van der Waals surface area contributed by atoms with Crippen LogP contribution >= 0.6 is 23.2 Å². The lowest BCUT2D eigenvalue weighted by molar-refractivity contribution is 0.0522. The fraction of sp³-hybridized carbons (Fsp3) is 0.565. The van der Waals surface area contributed by atoms with E-state index in [0.29, 0.717) is 51.3 Å². The van der Waals surface area contributed by atoms with E-state index in [1.165, 1.54) is 0 Å². The molecule has 1 saturated carbocycles. The minimum Gasteiger partial charge on any atom is -0.491 e. The average Bonchev–Trinajstić information content (AvgIpc) is 3.49. The first-order valence-electron chi connectivity index (χ1n) is 10.7. The number of hydrogen-bond donors (Lipinski definition) is 1. The Kier molecular flexibility index (Phi) is 7.43. The van der Waals surface area contributed by atoms with Gasteiger partial charge in [0.25, 0.3) is 5.56 Å². The number of unbranched alkanes of at least 4 members (excludes halogenated alkanes) is 1. The number of carbonyl (C=O) groups excluding carboxylic acids is 1. The van der Waals surface area contributed by atoms with E-state index in [9.17, 15) is 9.59 Å². The molecule has 0 radical (unpaired) electrons. The van der Waals surface area contributed by atoms with Crippen molar-refractivity contribution in [2.45, 2.75) is 72.1 Å². The second kappa shape index (κ2) is 9.70. The van der Waals surface area contributed by atoms with E-state index in [0.717, 1.165) is 25.7 Å². The third kappa shape index (κ3) is 6.07. The highest BCUT2D eigenvalue weighted by Gasteiger charge is 2.27. The first-order valence-corrected chi connectivity index (χ1v) is 11.5. The Hall–Kier alpha value is -1.92. The minimum absolute atomic E-state index is 0.106. The van der Waals surface area contributed by atoms with Crippen LogP contribution in [0.4, 0.5) is 4.79 Å². The van der Waals surface area contributed by atoms with E-state index in [1.807, 2.05) is 0 Å². The quantitative estimate of drug-likeness (QED) is 0.487. The van der Waals surface area contributed by atoms with Crippen molar-refractivity contribution >= 4 is 40.1 Å². The first kappa shape index (κ1) is 23.7. The van der Waals surface area contributed by atoms with Crippen LogP contribution in [0.3, 0.4) is 0 Å². The first-order chi connectivity index (χ1) is 14.6. The molecule has 0 bridgehead atoms. The number of rotatable bonds is 8. The molecule has 170 valence electrons. The van der Waals surface area contributed by atoms with Crippen LogP contribution in [0.1, 0.15) is 59.1 Å². The summed E-state index contributed by atoms with van der Waals surface area (Å²) in [6.45, 7) is 8.66. The summed E-state index contributed by atoms with van der Waals surface area (Å²) in [4.78, 5) is 25.7. The molecule has 1 N–H and O–H groups in total. The fourth-order valence-corrected chi connectivity index (χ4v) is 3.66. The molecular weight excluding hydrogens is 439 g/mol. The number of carbonyl (C=O) groups is 1. The largest absolute Gasteiger partial charge is 0.491 e. The van der Waals surface area contributed by atoms with Crippen LogP contribution in [-0.2, 0) is 17.8 Å². The molecule has 31 heavy (non-hydrogen) atoms. The topological polar surface area (TPSA) is 69.6 Å². The molecule has 1 fully saturated rings. The Labute approximate surface area is 192 Å². The fourth-order valence-electron chi connectivity index (χ4n) is 3.33. The van der Waals surface area contributed by atoms with Crippen molar-refractivity contribution in [2.75, 3.05) is 6.61 Å². The predicted molar refractivity (Wildman–Crippen MR) is 124 cm³/mol. The highest BCUT2D eigenvalue weighted by atomic mass is 35.5. The van der Waals surface area contributed by atoms with Crippen LogP contribution in [0, 0.1) is 5.92 Å². The van der Waals surface area contributed by atoms with Gasteiger partial charge >= 0.3 is 6.09 Å². The van der Waals surface area contributed by atoms with Crippen LogP contribution in [-0.4, -0.2) is 22.9 Å². The molecule has 2 aromatic rings. The molecule has 1 amide bonds. The van der Waals surface area contributed by atoms with Gasteiger partial charge in [0.05, 0.1) is 34.3 Å². The maximum absolute atomic E-state index is 13.4. The standard InChI is InChI=1S/C23H30Cl2N2O4/c1-5-6-9-30-20-15-10-17(24)18(25)11-16(15)21(28)27(13-14-7-8-14)19(20)12-26-22(29)31-23(2,3)4/h10-11,14H,5-9,12-13H2,1-4H3,(H,26,29). The number of ether oxygens (including phenoxy) is 2. The Morgan fingerprint density at radius 1 is 1.19 bits per heavy atom. The number of nitrogens with one attached hydrogen (secondary N) is 1. The summed E-state index contributed by atoms with van der Waals surface area (Å²) in [5, 5.41) is 4.51. The molecule has 0 atom stereocenters. The number of benzene rings is 1. The van der Waals surface area contributed by atoms with Crippen molar-refractivity contribution in [1.82, 2.24) is 9.88 Å². The third-order valence-corrected chi connectivity index (χ3v) is 5.77. The molecule has 0 spiro atoms. The molecule has 3 rings (SSSR count). The van der Waals surface area contributed by atoms with Gasteiger partial charge in [-0.2, -0.15) is 0 Å². The van der Waals surface area contributed by atoms with Crippen molar-refractivity contribution in [1.29, 1.82) is 0 Å². The summed E-state index contributed by atoms with van der Waals surface area (Å²) < 4.78 is 13.2. The SMILES string of the molecule is CCCCOc1c(CNC(=O)OC(C)(C)C)n(CC2CC2)c(=O)c2cc(Cl)c(Cl)cc12. The van der Waals surface area contributed by atoms with Crippen molar-refractivity contribution in [3.8, 4) is 5.75 Å². The normalized spacial score (nSPS) is 14.0. The zero-order valence-corrected chi connectivity index (χ0v) is 20.0. The molecule has 1 aliphatic rings. The van der Waals surface area contributed by atoms with Crippen LogP contribution in [0.5, 0.6) is 5.75 Å². The number of hydrogen-bond acceptors (Lipinski definition) is 4. The monoisotopic (exact) mass is 468 g/mol. The van der Waals surface area contributed by atoms with E-state index < -0.39 is 11.7 Å². The number of halogens is 2. The highest BCUT2D eigenvalue weighted by Crippen LogP contribution is 2.36. The predicted octanol–water partition coefficient (Wildman–Crippen LogP) is 5.92. The molecule has 0 aliphatic heterocycles. The summed E-state index contributed by atoms with van der Waals surface area (Å²) >= 11 is 12.5. The Bertz CT molecular complexity index is 1020. The van der Waals surface area contributed by atoms with Gasteiger partial charge in [-0.3, -0.25) is 4.79 Å². The second-order valence-corrected chi connectivity index (χ2v) is 9.82. The summed E-state index contributed by atoms with van der Waals surface area (Å²) in [5.41, 5.74) is -0.166. The van der Waals surface area contributed by atoms with E-state index in [1.54, 1.807) is 37.5 Å². The van der Waals surface area contributed by atoms with Crippen LogP contribution in [0.25, 0.3) is 10.8 Å². The van der Waals surface area contributed by atoms with E-state index in [-0.39, 0.29) is 12.1 Å². The number of aromatic nitrogens is 1. The van der Waals surface area contributed by atoms with Crippen molar-refractivity contribution < 1.29 is 14.3 Å². The summed E-state index contributed by atoms with van der Waals surface area (Å²) in [7, 11) is 0. The van der Waals surface area contributed by atoms with Gasteiger partial charge < -0.3 is 19.4 Å². The molecular formula is C23H30Cl2N2O4. The van der Waals surface area contributed by atoms with Gasteiger partial charge in [0.2, 0.25) is 0 Å². The molecule has 1 aromatic carbocycles. The lowest BCUT2D eigenvalue weighted by atomic mass is 10.1. The number of pyridine rings is 1. The zero-order chi connectivity index (χ0) is 22.8. The summed E-state index contributed by atoms with van der Waals surface area (Å²) in [6.07, 6.45) is 3.45. The van der Waals surface area contributed by atoms with Gasteiger partial charge in [-0.15, -0.1) is 0 Å². The number of alkyl carbamates (subject to hydrolysis) is 1. The van der Waals surface area contributed by atoms with Gasteiger partial charge in [-0.05, 0) is 58.1 Å². The van der Waals surface area contributed by atoms with Gasteiger partial charge in [0.15, 0.2) is 0 Å². The Morgan fingerprint density at radius 3 is 2.42 bits per heavy atom. The van der Waals surface area contributed by atoms with E-state index >= 15 is 0 Å². The Morgan fingerprint density at radius 2 is 1.84 bits per heavy atom. The van der Waals surface area contributed by atoms with Crippen LogP contribution < -0.4 is 15.6 Å². The summed E-state index contributed by atoms with van der Waals surface area (Å²) in [5.74, 6) is 1.00. The maximum Gasteiger partial charge on any atom is 0.407 e. The number of amides is 1. The van der Waals surface area contributed by atoms with Crippen LogP contribution in [0.2, 0.25) is 10.0 Å². The van der Waals surface area contributed by atoms with Crippen molar-refractivity contribution in [3.05, 3.63) is 38.2 Å². The lowest BCUT2D eigenvalue weighted by Crippen LogP contribution is -2.35. The summed E-state index contributed by atoms with van der Waals surface area (Å²) in [6, 6.07) is 3.27. The van der Waals surface area contributed by atoms with E-state index in [2.05, 4.69) is 12.2 Å². The third-order valence-electron chi connectivity index (χ3n) is 5.05. The smallest absolute Gasteiger partial charge is 0.407 e. The van der Waals surface area contributed by atoms with Crippen LogP contribution in [0.15, 0.2) is 16.9 Å². The lowest BCUT2D eigenvalue weighted by Gasteiger charge is -2.23. The van der Waals surface area contributed by atoms with Gasteiger partial charge in [0, 0.05) is 11.9 Å². The average molecular weight is 469 g/mol. The van der Waals surface area contributed by atoms with Gasteiger partial charge in [-0.25, -0.2) is 4.79 Å². The number of nitrogens with zero attached hydrogens (tertiary/aromatic N) is 1. The van der Waals surface area contributed by atoms with Gasteiger partial charge in [-0.1, -0.05) is 36.5 Å². The maximum atomic E-state index is 13.4. The number of fused-ring (bicyclic) bond motifs is 1. The Balaban J connectivity index is 2.10. The molecule has 8 heteroatoms. The van der Waals surface area contributed by atoms with Crippen molar-refractivity contribution in [2.24, 2.45) is 5.92 Å².